The van der Waals surface area contributed by atoms with E-state index in [0.29, 0.717) is 23.2 Å². The predicted molar refractivity (Wildman–Crippen MR) is 59.1 cm³/mol. The molecule has 82 valence electrons. The third-order valence-electron chi connectivity index (χ3n) is 2.37. The maximum atomic E-state index is 9.64. The predicted octanol–water partition coefficient (Wildman–Crippen LogP) is 2.36. The van der Waals surface area contributed by atoms with E-state index >= 15 is 0 Å². The first-order valence-electron chi connectivity index (χ1n) is 4.85. The number of hydrogen-bond donors (Lipinski definition) is 1. The van der Waals surface area contributed by atoms with E-state index < -0.39 is 6.10 Å². The molecule has 2 aromatic rings. The van der Waals surface area contributed by atoms with Crippen molar-refractivity contribution in [3.63, 3.8) is 0 Å². The Labute approximate surface area is 96.1 Å². The van der Waals surface area contributed by atoms with Crippen LogP contribution in [0.15, 0.2) is 29.9 Å². The van der Waals surface area contributed by atoms with E-state index in [1.165, 1.54) is 11.3 Å². The van der Waals surface area contributed by atoms with Crippen LogP contribution in [-0.4, -0.2) is 16.7 Å². The molecule has 3 rings (SSSR count). The molecule has 1 aromatic heterocycles. The number of thiazole rings is 1. The number of ether oxygens (including phenoxy) is 2. The van der Waals surface area contributed by atoms with Crippen LogP contribution in [0.25, 0.3) is 0 Å². The van der Waals surface area contributed by atoms with Crippen LogP contribution < -0.4 is 9.47 Å². The monoisotopic (exact) mass is 235 g/mol. The Balaban J connectivity index is 1.97. The van der Waals surface area contributed by atoms with Crippen molar-refractivity contribution in [2.24, 2.45) is 0 Å². The maximum absolute atomic E-state index is 9.64. The van der Waals surface area contributed by atoms with Gasteiger partial charge >= 0.3 is 0 Å². The number of nitrogens with zero attached hydrogens (tertiary/aromatic N) is 1. The van der Waals surface area contributed by atoms with Crippen molar-refractivity contribution in [2.45, 2.75) is 6.10 Å². The zero-order chi connectivity index (χ0) is 11.0. The average molecular weight is 235 g/mol. The van der Waals surface area contributed by atoms with Gasteiger partial charge in [0, 0.05) is 5.56 Å². The summed E-state index contributed by atoms with van der Waals surface area (Å²) in [6.07, 6.45) is 1.09. The Kier molecular flexibility index (Phi) is 2.27. The molecular formula is C11H9NO3S. The van der Waals surface area contributed by atoms with E-state index in [9.17, 15) is 5.11 Å². The van der Waals surface area contributed by atoms with Crippen molar-refractivity contribution < 1.29 is 14.6 Å². The van der Waals surface area contributed by atoms with Gasteiger partial charge in [0.25, 0.3) is 0 Å². The Morgan fingerprint density at radius 2 is 2.44 bits per heavy atom. The molecule has 0 fully saturated rings. The molecule has 0 spiro atoms. The minimum atomic E-state index is -0.556. The largest absolute Gasteiger partial charge is 0.486 e. The van der Waals surface area contributed by atoms with E-state index in [0.717, 1.165) is 5.56 Å². The highest BCUT2D eigenvalue weighted by Gasteiger charge is 2.25. The van der Waals surface area contributed by atoms with Crippen LogP contribution in [0, 0.1) is 0 Å². The van der Waals surface area contributed by atoms with Gasteiger partial charge in [0.05, 0.1) is 11.7 Å². The van der Waals surface area contributed by atoms with Crippen LogP contribution in [0.4, 0.5) is 0 Å². The van der Waals surface area contributed by atoms with Gasteiger partial charge in [0.15, 0.2) is 11.5 Å². The Hall–Kier alpha value is -1.59. The van der Waals surface area contributed by atoms with Gasteiger partial charge in [-0.2, -0.15) is 0 Å². The van der Waals surface area contributed by atoms with Crippen molar-refractivity contribution in [2.75, 3.05) is 6.61 Å². The van der Waals surface area contributed by atoms with Gasteiger partial charge in [-0.05, 0) is 6.07 Å². The second kappa shape index (κ2) is 3.77. The van der Waals surface area contributed by atoms with Gasteiger partial charge in [-0.25, -0.2) is 4.98 Å². The lowest BCUT2D eigenvalue weighted by Crippen LogP contribution is -1.97. The Morgan fingerprint density at radius 3 is 3.25 bits per heavy atom. The Morgan fingerprint density at radius 1 is 1.50 bits per heavy atom. The first-order valence-corrected chi connectivity index (χ1v) is 5.72. The van der Waals surface area contributed by atoms with Gasteiger partial charge in [-0.3, -0.25) is 0 Å². The maximum Gasteiger partial charge on any atom is 0.200 e. The molecule has 0 saturated heterocycles. The highest BCUT2D eigenvalue weighted by molar-refractivity contribution is 7.11. The smallest absolute Gasteiger partial charge is 0.200 e. The molecule has 4 nitrogen and oxygen atoms in total. The summed E-state index contributed by atoms with van der Waals surface area (Å²) in [4.78, 5) is 3.93. The number of rotatable bonds is 2. The Bertz CT molecular complexity index is 498. The van der Waals surface area contributed by atoms with Gasteiger partial charge < -0.3 is 14.6 Å². The minimum absolute atomic E-state index is 0.290. The van der Waals surface area contributed by atoms with Crippen molar-refractivity contribution in [1.29, 1.82) is 0 Å². The van der Waals surface area contributed by atoms with Gasteiger partial charge in [-0.15, -0.1) is 0 Å². The molecule has 2 heterocycles. The number of aliphatic hydroxyl groups excluding tert-OH is 1. The standard InChI is InChI=1S/C11H9NO3S/c13-8-5-14-11-7(8)2-1-3-9(11)15-10-4-12-6-16-10/h1-4,6,8,13H,5H2/t8-/m1/s1. The van der Waals surface area contributed by atoms with E-state index in [1.54, 1.807) is 11.7 Å². The summed E-state index contributed by atoms with van der Waals surface area (Å²) in [5.41, 5.74) is 2.48. The quantitative estimate of drug-likeness (QED) is 0.868. The SMILES string of the molecule is O[C@@H]1COc2c(Oc3cncs3)cccc21. The number of para-hydroxylation sites is 1. The van der Waals surface area contributed by atoms with Crippen LogP contribution in [0.2, 0.25) is 0 Å². The number of aromatic nitrogens is 1. The summed E-state index contributed by atoms with van der Waals surface area (Å²) in [7, 11) is 0. The zero-order valence-corrected chi connectivity index (χ0v) is 9.11. The lowest BCUT2D eigenvalue weighted by atomic mass is 10.1. The highest BCUT2D eigenvalue weighted by atomic mass is 32.1. The fourth-order valence-corrected chi connectivity index (χ4v) is 2.13. The van der Waals surface area contributed by atoms with E-state index in [2.05, 4.69) is 4.98 Å². The van der Waals surface area contributed by atoms with Gasteiger partial charge in [0.2, 0.25) is 5.06 Å². The summed E-state index contributed by atoms with van der Waals surface area (Å²) in [6.45, 7) is 0.290. The highest BCUT2D eigenvalue weighted by Crippen LogP contribution is 2.42. The van der Waals surface area contributed by atoms with Crippen molar-refractivity contribution >= 4 is 11.3 Å². The van der Waals surface area contributed by atoms with Crippen molar-refractivity contribution in [3.8, 4) is 16.6 Å². The zero-order valence-electron chi connectivity index (χ0n) is 8.29. The third kappa shape index (κ3) is 1.54. The topological polar surface area (TPSA) is 51.6 Å². The molecule has 0 unspecified atom stereocenters. The number of fused-ring (bicyclic) bond motifs is 1. The molecule has 0 aliphatic carbocycles. The molecule has 16 heavy (non-hydrogen) atoms. The van der Waals surface area contributed by atoms with Crippen LogP contribution >= 0.6 is 11.3 Å². The normalized spacial score (nSPS) is 17.9. The molecule has 5 heteroatoms. The molecular weight excluding hydrogens is 226 g/mol. The summed E-state index contributed by atoms with van der Waals surface area (Å²) in [5.74, 6) is 1.25. The summed E-state index contributed by atoms with van der Waals surface area (Å²) >= 11 is 1.41. The van der Waals surface area contributed by atoms with Crippen LogP contribution in [0.1, 0.15) is 11.7 Å². The number of hydrogen-bond acceptors (Lipinski definition) is 5. The molecule has 1 aromatic carbocycles. The van der Waals surface area contributed by atoms with Crippen molar-refractivity contribution in [1.82, 2.24) is 4.98 Å². The molecule has 1 aliphatic rings. The summed E-state index contributed by atoms with van der Waals surface area (Å²) in [6, 6.07) is 5.50. The molecule has 0 radical (unpaired) electrons. The third-order valence-corrected chi connectivity index (χ3v) is 3.02. The molecule has 0 bridgehead atoms. The molecule has 1 N–H and O–H groups in total. The second-order valence-corrected chi connectivity index (χ2v) is 4.27. The fraction of sp³-hybridized carbons (Fsp3) is 0.182. The lowest BCUT2D eigenvalue weighted by Gasteiger charge is -2.07. The van der Waals surface area contributed by atoms with Gasteiger partial charge in [-0.1, -0.05) is 23.5 Å². The minimum Gasteiger partial charge on any atom is -0.486 e. The van der Waals surface area contributed by atoms with Crippen LogP contribution in [-0.2, 0) is 0 Å². The molecule has 1 aliphatic heterocycles. The number of aliphatic hydroxyl groups is 1. The molecule has 0 saturated carbocycles. The fourth-order valence-electron chi connectivity index (χ4n) is 1.64. The van der Waals surface area contributed by atoms with E-state index in [-0.39, 0.29) is 0 Å². The summed E-state index contributed by atoms with van der Waals surface area (Å²) < 4.78 is 11.0. The first kappa shape index (κ1) is 9.62. The number of benzene rings is 1. The van der Waals surface area contributed by atoms with Crippen molar-refractivity contribution in [3.05, 3.63) is 35.5 Å². The van der Waals surface area contributed by atoms with Crippen LogP contribution in [0.3, 0.4) is 0 Å². The molecule has 1 atom stereocenters. The van der Waals surface area contributed by atoms with E-state index in [4.69, 9.17) is 9.47 Å². The first-order chi connectivity index (χ1) is 7.84. The lowest BCUT2D eigenvalue weighted by molar-refractivity contribution is 0.140. The van der Waals surface area contributed by atoms with E-state index in [1.807, 2.05) is 18.2 Å². The summed E-state index contributed by atoms with van der Waals surface area (Å²) in [5, 5.41) is 10.3. The van der Waals surface area contributed by atoms with Crippen LogP contribution in [0.5, 0.6) is 16.6 Å². The second-order valence-electron chi connectivity index (χ2n) is 3.42. The molecule has 0 amide bonds. The average Bonchev–Trinajstić information content (AvgIpc) is 2.90. The van der Waals surface area contributed by atoms with Gasteiger partial charge in [0.1, 0.15) is 12.7 Å².